The standard InChI is InChI=1S/C18H24N2O3/c1-12-5-6-15(8-13(12)2)19-18(22)14-9-17(21)20(10-14)11-16-4-3-7-23-16/h5-6,8,14,16H,3-4,7,9-11H2,1-2H3,(H,19,22). The number of nitrogens with zero attached hydrogens (tertiary/aromatic N) is 1. The van der Waals surface area contributed by atoms with Crippen LogP contribution in [0.1, 0.15) is 30.4 Å². The minimum atomic E-state index is -0.273. The number of benzene rings is 1. The first-order valence-electron chi connectivity index (χ1n) is 8.30. The van der Waals surface area contributed by atoms with Gasteiger partial charge >= 0.3 is 0 Å². The Hall–Kier alpha value is -1.88. The molecule has 23 heavy (non-hydrogen) atoms. The highest BCUT2D eigenvalue weighted by molar-refractivity contribution is 5.97. The molecule has 2 saturated heterocycles. The van der Waals surface area contributed by atoms with Crippen molar-refractivity contribution in [3.63, 3.8) is 0 Å². The number of carbonyl (C=O) groups is 2. The number of aryl methyl sites for hydroxylation is 2. The molecule has 0 aliphatic carbocycles. The lowest BCUT2D eigenvalue weighted by Gasteiger charge is -2.20. The van der Waals surface area contributed by atoms with Crippen LogP contribution < -0.4 is 5.32 Å². The van der Waals surface area contributed by atoms with Crippen molar-refractivity contribution in [1.82, 2.24) is 4.90 Å². The molecule has 5 heteroatoms. The van der Waals surface area contributed by atoms with Crippen molar-refractivity contribution in [2.75, 3.05) is 25.0 Å². The molecule has 0 radical (unpaired) electrons. The molecule has 0 saturated carbocycles. The molecule has 2 unspecified atom stereocenters. The fraction of sp³-hybridized carbons (Fsp3) is 0.556. The van der Waals surface area contributed by atoms with Crippen molar-refractivity contribution < 1.29 is 14.3 Å². The molecule has 5 nitrogen and oxygen atoms in total. The van der Waals surface area contributed by atoms with E-state index in [9.17, 15) is 9.59 Å². The highest BCUT2D eigenvalue weighted by Crippen LogP contribution is 2.23. The Labute approximate surface area is 137 Å². The molecule has 0 bridgehead atoms. The lowest BCUT2D eigenvalue weighted by Crippen LogP contribution is -2.34. The van der Waals surface area contributed by atoms with Crippen LogP contribution in [0, 0.1) is 19.8 Å². The summed E-state index contributed by atoms with van der Waals surface area (Å²) in [5.74, 6) is -0.289. The second-order valence-corrected chi connectivity index (χ2v) is 6.62. The number of hydrogen-bond acceptors (Lipinski definition) is 3. The van der Waals surface area contributed by atoms with E-state index in [1.54, 1.807) is 4.90 Å². The van der Waals surface area contributed by atoms with Gasteiger partial charge in [-0.1, -0.05) is 6.07 Å². The van der Waals surface area contributed by atoms with E-state index >= 15 is 0 Å². The Morgan fingerprint density at radius 2 is 2.17 bits per heavy atom. The number of rotatable bonds is 4. The van der Waals surface area contributed by atoms with Crippen molar-refractivity contribution in [3.05, 3.63) is 29.3 Å². The van der Waals surface area contributed by atoms with Gasteiger partial charge in [-0.15, -0.1) is 0 Å². The summed E-state index contributed by atoms with van der Waals surface area (Å²) in [5, 5.41) is 2.94. The van der Waals surface area contributed by atoms with Gasteiger partial charge in [0.25, 0.3) is 0 Å². The van der Waals surface area contributed by atoms with E-state index in [2.05, 4.69) is 5.32 Å². The van der Waals surface area contributed by atoms with Gasteiger partial charge in [0.15, 0.2) is 0 Å². The summed E-state index contributed by atoms with van der Waals surface area (Å²) < 4.78 is 5.58. The Balaban J connectivity index is 1.57. The molecule has 1 aromatic carbocycles. The topological polar surface area (TPSA) is 58.6 Å². The van der Waals surface area contributed by atoms with Crippen molar-refractivity contribution in [3.8, 4) is 0 Å². The third-order valence-corrected chi connectivity index (χ3v) is 4.81. The summed E-state index contributed by atoms with van der Waals surface area (Å²) in [6.45, 7) is 5.96. The summed E-state index contributed by atoms with van der Waals surface area (Å²) in [4.78, 5) is 26.3. The quantitative estimate of drug-likeness (QED) is 0.927. The minimum Gasteiger partial charge on any atom is -0.376 e. The number of likely N-dealkylation sites (tertiary alicyclic amines) is 1. The molecule has 2 amide bonds. The van der Waals surface area contributed by atoms with Gasteiger partial charge in [-0.05, 0) is 49.9 Å². The molecule has 2 aliphatic heterocycles. The van der Waals surface area contributed by atoms with Gasteiger partial charge in [0.05, 0.1) is 12.0 Å². The van der Waals surface area contributed by atoms with Crippen LogP contribution in [0.3, 0.4) is 0 Å². The molecule has 2 atom stereocenters. The van der Waals surface area contributed by atoms with E-state index in [0.29, 0.717) is 19.5 Å². The van der Waals surface area contributed by atoms with E-state index in [0.717, 1.165) is 30.7 Å². The number of amides is 2. The smallest absolute Gasteiger partial charge is 0.229 e. The molecular formula is C18H24N2O3. The number of anilines is 1. The van der Waals surface area contributed by atoms with Gasteiger partial charge in [0.1, 0.15) is 0 Å². The fourth-order valence-electron chi connectivity index (χ4n) is 3.22. The van der Waals surface area contributed by atoms with E-state index < -0.39 is 0 Å². The predicted octanol–water partition coefficient (Wildman–Crippen LogP) is 2.27. The summed E-state index contributed by atoms with van der Waals surface area (Å²) >= 11 is 0. The maximum atomic E-state index is 12.4. The van der Waals surface area contributed by atoms with Crippen LogP contribution in [-0.4, -0.2) is 42.5 Å². The Morgan fingerprint density at radius 3 is 2.87 bits per heavy atom. The van der Waals surface area contributed by atoms with Gasteiger partial charge < -0.3 is 15.0 Å². The van der Waals surface area contributed by atoms with Gasteiger partial charge in [-0.25, -0.2) is 0 Å². The first kappa shape index (κ1) is 16.0. The zero-order valence-corrected chi connectivity index (χ0v) is 13.8. The summed E-state index contributed by atoms with van der Waals surface area (Å²) in [6.07, 6.45) is 2.50. The van der Waals surface area contributed by atoms with Gasteiger partial charge in [0.2, 0.25) is 11.8 Å². The average molecular weight is 316 g/mol. The fourth-order valence-corrected chi connectivity index (χ4v) is 3.22. The molecule has 1 N–H and O–H groups in total. The highest BCUT2D eigenvalue weighted by atomic mass is 16.5. The van der Waals surface area contributed by atoms with E-state index in [4.69, 9.17) is 4.74 Å². The number of hydrogen-bond donors (Lipinski definition) is 1. The SMILES string of the molecule is Cc1ccc(NC(=O)C2CC(=O)N(CC3CCCO3)C2)cc1C. The molecule has 2 aliphatic rings. The predicted molar refractivity (Wildman–Crippen MR) is 88.2 cm³/mol. The first-order valence-corrected chi connectivity index (χ1v) is 8.30. The lowest BCUT2D eigenvalue weighted by molar-refractivity contribution is -0.129. The summed E-state index contributed by atoms with van der Waals surface area (Å²) in [7, 11) is 0. The van der Waals surface area contributed by atoms with Gasteiger partial charge in [0, 0.05) is 31.8 Å². The van der Waals surface area contributed by atoms with Gasteiger partial charge in [-0.2, -0.15) is 0 Å². The second kappa shape index (κ2) is 6.71. The van der Waals surface area contributed by atoms with Crippen LogP contribution in [0.4, 0.5) is 5.69 Å². The van der Waals surface area contributed by atoms with E-state index in [1.807, 2.05) is 32.0 Å². The Morgan fingerprint density at radius 1 is 1.35 bits per heavy atom. The highest BCUT2D eigenvalue weighted by Gasteiger charge is 2.35. The number of nitrogens with one attached hydrogen (secondary N) is 1. The molecule has 3 rings (SSSR count). The van der Waals surface area contributed by atoms with Crippen LogP contribution >= 0.6 is 0 Å². The number of ether oxygens (including phenoxy) is 1. The number of carbonyl (C=O) groups excluding carboxylic acids is 2. The summed E-state index contributed by atoms with van der Waals surface area (Å²) in [6, 6.07) is 5.86. The first-order chi connectivity index (χ1) is 11.0. The third-order valence-electron chi connectivity index (χ3n) is 4.81. The van der Waals surface area contributed by atoms with E-state index in [-0.39, 0.29) is 23.8 Å². The molecule has 2 fully saturated rings. The maximum Gasteiger partial charge on any atom is 0.229 e. The second-order valence-electron chi connectivity index (χ2n) is 6.62. The molecule has 0 spiro atoms. The van der Waals surface area contributed by atoms with Crippen LogP contribution in [0.15, 0.2) is 18.2 Å². The van der Waals surface area contributed by atoms with Crippen LogP contribution in [0.5, 0.6) is 0 Å². The monoisotopic (exact) mass is 316 g/mol. The molecular weight excluding hydrogens is 292 g/mol. The van der Waals surface area contributed by atoms with Crippen molar-refractivity contribution in [2.45, 2.75) is 39.2 Å². The molecule has 124 valence electrons. The van der Waals surface area contributed by atoms with Crippen LogP contribution in [-0.2, 0) is 14.3 Å². The van der Waals surface area contributed by atoms with Crippen LogP contribution in [0.2, 0.25) is 0 Å². The summed E-state index contributed by atoms with van der Waals surface area (Å²) in [5.41, 5.74) is 3.13. The molecule has 1 aromatic rings. The molecule has 0 aromatic heterocycles. The average Bonchev–Trinajstić information content (AvgIpc) is 3.14. The minimum absolute atomic E-state index is 0.0562. The third kappa shape index (κ3) is 3.72. The lowest BCUT2D eigenvalue weighted by atomic mass is 10.1. The Bertz CT molecular complexity index is 608. The van der Waals surface area contributed by atoms with Gasteiger partial charge in [-0.3, -0.25) is 9.59 Å². The van der Waals surface area contributed by atoms with Crippen molar-refractivity contribution >= 4 is 17.5 Å². The Kier molecular flexibility index (Phi) is 4.66. The van der Waals surface area contributed by atoms with Crippen molar-refractivity contribution in [2.24, 2.45) is 5.92 Å². The molecule has 2 heterocycles. The zero-order valence-electron chi connectivity index (χ0n) is 13.8. The maximum absolute atomic E-state index is 12.4. The van der Waals surface area contributed by atoms with E-state index in [1.165, 1.54) is 5.56 Å². The zero-order chi connectivity index (χ0) is 16.4. The largest absolute Gasteiger partial charge is 0.376 e. The normalized spacial score (nSPS) is 24.3. The van der Waals surface area contributed by atoms with Crippen LogP contribution in [0.25, 0.3) is 0 Å². The van der Waals surface area contributed by atoms with Crippen molar-refractivity contribution in [1.29, 1.82) is 0 Å².